The van der Waals surface area contributed by atoms with E-state index in [0.717, 1.165) is 17.7 Å². The van der Waals surface area contributed by atoms with Crippen molar-refractivity contribution in [3.63, 3.8) is 0 Å². The minimum Gasteiger partial charge on any atom is -0.490 e. The quantitative estimate of drug-likeness (QED) is 0.822. The fourth-order valence-corrected chi connectivity index (χ4v) is 2.48. The third kappa shape index (κ3) is 3.14. The molecule has 0 spiro atoms. The lowest BCUT2D eigenvalue weighted by atomic mass is 9.85. The number of ether oxygens (including phenoxy) is 1. The zero-order valence-corrected chi connectivity index (χ0v) is 11.3. The van der Waals surface area contributed by atoms with Crippen LogP contribution in [0.3, 0.4) is 0 Å². The van der Waals surface area contributed by atoms with Gasteiger partial charge in [-0.3, -0.25) is 0 Å². The van der Waals surface area contributed by atoms with Crippen LogP contribution in [-0.4, -0.2) is 11.2 Å². The Kier molecular flexibility index (Phi) is 3.37. The normalized spacial score (nSPS) is 24.1. The van der Waals surface area contributed by atoms with Crippen molar-refractivity contribution in [1.82, 2.24) is 0 Å². The lowest BCUT2D eigenvalue weighted by Gasteiger charge is -2.33. The summed E-state index contributed by atoms with van der Waals surface area (Å²) in [5, 5.41) is 10.8. The van der Waals surface area contributed by atoms with Gasteiger partial charge in [0.05, 0.1) is 6.10 Å². The summed E-state index contributed by atoms with van der Waals surface area (Å²) in [5.41, 5.74) is 1.01. The summed E-state index contributed by atoms with van der Waals surface area (Å²) in [6.07, 6.45) is 1.19. The molecular formula is C14H19ClO2. The maximum absolute atomic E-state index is 10.1. The molecule has 1 aliphatic heterocycles. The van der Waals surface area contributed by atoms with E-state index in [1.54, 1.807) is 12.1 Å². The van der Waals surface area contributed by atoms with E-state index in [1.807, 2.05) is 6.07 Å². The predicted molar refractivity (Wildman–Crippen MR) is 69.5 cm³/mol. The van der Waals surface area contributed by atoms with Gasteiger partial charge >= 0.3 is 0 Å². The van der Waals surface area contributed by atoms with Crippen LogP contribution < -0.4 is 4.74 Å². The van der Waals surface area contributed by atoms with Crippen LogP contribution >= 0.6 is 11.6 Å². The Morgan fingerprint density at radius 3 is 2.76 bits per heavy atom. The van der Waals surface area contributed by atoms with Crippen molar-refractivity contribution in [1.29, 1.82) is 0 Å². The van der Waals surface area contributed by atoms with E-state index in [2.05, 4.69) is 20.8 Å². The first-order valence-corrected chi connectivity index (χ1v) is 6.37. The highest BCUT2D eigenvalue weighted by Crippen LogP contribution is 2.39. The Bertz CT molecular complexity index is 409. The maximum atomic E-state index is 10.1. The summed E-state index contributed by atoms with van der Waals surface area (Å²) in [6.45, 7) is 6.54. The fraction of sp³-hybridized carbons (Fsp3) is 0.571. The molecule has 17 heavy (non-hydrogen) atoms. The molecule has 0 fully saturated rings. The average molecular weight is 255 g/mol. The second-order valence-corrected chi connectivity index (χ2v) is 6.37. The Labute approximate surface area is 108 Å². The summed E-state index contributed by atoms with van der Waals surface area (Å²) >= 11 is 5.92. The van der Waals surface area contributed by atoms with Crippen LogP contribution in [0.25, 0.3) is 0 Å². The lowest BCUT2D eigenvalue weighted by molar-refractivity contribution is 0.0447. The summed E-state index contributed by atoms with van der Waals surface area (Å²) in [4.78, 5) is 0. The molecule has 0 saturated heterocycles. The first kappa shape index (κ1) is 12.7. The third-order valence-corrected chi connectivity index (χ3v) is 3.19. The molecule has 94 valence electrons. The largest absolute Gasteiger partial charge is 0.490 e. The molecule has 1 heterocycles. The third-order valence-electron chi connectivity index (χ3n) is 2.95. The Morgan fingerprint density at radius 1 is 1.41 bits per heavy atom. The van der Waals surface area contributed by atoms with Gasteiger partial charge in [0.15, 0.2) is 0 Å². The number of benzene rings is 1. The Morgan fingerprint density at radius 2 is 2.12 bits per heavy atom. The van der Waals surface area contributed by atoms with E-state index in [4.69, 9.17) is 16.3 Å². The van der Waals surface area contributed by atoms with Gasteiger partial charge in [-0.15, -0.1) is 0 Å². The lowest BCUT2D eigenvalue weighted by Crippen LogP contribution is -2.29. The molecular weight excluding hydrogens is 236 g/mol. The second-order valence-electron chi connectivity index (χ2n) is 5.94. The van der Waals surface area contributed by atoms with Crippen LogP contribution in [0.2, 0.25) is 5.02 Å². The number of hydrogen-bond acceptors (Lipinski definition) is 2. The first-order chi connectivity index (χ1) is 7.85. The topological polar surface area (TPSA) is 29.5 Å². The summed E-state index contributed by atoms with van der Waals surface area (Å²) in [5.74, 6) is 0.766. The average Bonchev–Trinajstić information content (AvgIpc) is 2.17. The molecule has 0 saturated carbocycles. The number of aliphatic hydroxyl groups excluding tert-OH is 1. The number of rotatable bonds is 1. The smallest absolute Gasteiger partial charge is 0.125 e. The first-order valence-electron chi connectivity index (χ1n) is 5.99. The highest BCUT2D eigenvalue weighted by atomic mass is 35.5. The Balaban J connectivity index is 2.19. The highest BCUT2D eigenvalue weighted by Gasteiger charge is 2.29. The molecule has 0 aliphatic carbocycles. The van der Waals surface area contributed by atoms with Crippen molar-refractivity contribution in [2.24, 2.45) is 5.41 Å². The van der Waals surface area contributed by atoms with E-state index in [9.17, 15) is 5.11 Å². The molecule has 0 bridgehead atoms. The van der Waals surface area contributed by atoms with E-state index in [0.29, 0.717) is 11.4 Å². The maximum Gasteiger partial charge on any atom is 0.125 e. The zero-order valence-electron chi connectivity index (χ0n) is 10.5. The SMILES string of the molecule is CC(C)(C)CC1C[C@H](O)c2cc(Cl)ccc2O1. The summed E-state index contributed by atoms with van der Waals surface area (Å²) in [7, 11) is 0. The van der Waals surface area contributed by atoms with Crippen LogP contribution in [0.5, 0.6) is 5.75 Å². The van der Waals surface area contributed by atoms with E-state index < -0.39 is 6.10 Å². The van der Waals surface area contributed by atoms with Gasteiger partial charge in [0, 0.05) is 17.0 Å². The molecule has 0 amide bonds. The molecule has 1 aromatic rings. The molecule has 1 N–H and O–H groups in total. The Hall–Kier alpha value is -0.730. The summed E-state index contributed by atoms with van der Waals surface area (Å²) < 4.78 is 5.91. The van der Waals surface area contributed by atoms with Gasteiger partial charge in [0.25, 0.3) is 0 Å². The van der Waals surface area contributed by atoms with Crippen molar-refractivity contribution in [2.45, 2.75) is 45.8 Å². The van der Waals surface area contributed by atoms with Crippen molar-refractivity contribution in [3.05, 3.63) is 28.8 Å². The summed E-state index contributed by atoms with van der Waals surface area (Å²) in [6, 6.07) is 5.43. The highest BCUT2D eigenvalue weighted by molar-refractivity contribution is 6.30. The van der Waals surface area contributed by atoms with Crippen LogP contribution in [0.15, 0.2) is 18.2 Å². The molecule has 2 nitrogen and oxygen atoms in total. The van der Waals surface area contributed by atoms with Crippen molar-refractivity contribution in [2.75, 3.05) is 0 Å². The molecule has 0 aromatic heterocycles. The minimum atomic E-state index is -0.468. The van der Waals surface area contributed by atoms with Gasteiger partial charge in [0.1, 0.15) is 11.9 Å². The van der Waals surface area contributed by atoms with E-state index >= 15 is 0 Å². The fourth-order valence-electron chi connectivity index (χ4n) is 2.30. The molecule has 1 unspecified atom stereocenters. The molecule has 0 radical (unpaired) electrons. The number of hydrogen-bond donors (Lipinski definition) is 1. The number of fused-ring (bicyclic) bond motifs is 1. The predicted octanol–water partition coefficient (Wildman–Crippen LogP) is 3.96. The van der Waals surface area contributed by atoms with Gasteiger partial charge in [-0.05, 0) is 30.0 Å². The minimum absolute atomic E-state index is 0.0821. The van der Waals surface area contributed by atoms with Gasteiger partial charge < -0.3 is 9.84 Å². The van der Waals surface area contributed by atoms with Crippen LogP contribution in [0.1, 0.15) is 45.3 Å². The van der Waals surface area contributed by atoms with Gasteiger partial charge in [-0.2, -0.15) is 0 Å². The van der Waals surface area contributed by atoms with Crippen LogP contribution in [-0.2, 0) is 0 Å². The van der Waals surface area contributed by atoms with Crippen LogP contribution in [0.4, 0.5) is 0 Å². The van der Waals surface area contributed by atoms with Gasteiger partial charge in [-0.25, -0.2) is 0 Å². The monoisotopic (exact) mass is 254 g/mol. The van der Waals surface area contributed by atoms with Crippen molar-refractivity contribution < 1.29 is 9.84 Å². The zero-order chi connectivity index (χ0) is 12.6. The molecule has 1 aromatic carbocycles. The van der Waals surface area contributed by atoms with E-state index in [-0.39, 0.29) is 11.5 Å². The molecule has 1 aliphatic rings. The van der Waals surface area contributed by atoms with Gasteiger partial charge in [0.2, 0.25) is 0 Å². The molecule has 3 heteroatoms. The van der Waals surface area contributed by atoms with Gasteiger partial charge in [-0.1, -0.05) is 32.4 Å². The standard InChI is InChI=1S/C14H19ClO2/c1-14(2,3)8-10-7-12(16)11-6-9(15)4-5-13(11)17-10/h4-6,10,12,16H,7-8H2,1-3H3/t10?,12-/m0/s1. The van der Waals surface area contributed by atoms with Crippen molar-refractivity contribution in [3.8, 4) is 5.75 Å². The van der Waals surface area contributed by atoms with Crippen molar-refractivity contribution >= 4 is 11.6 Å². The second kappa shape index (κ2) is 4.51. The number of aliphatic hydroxyl groups is 1. The number of halogens is 1. The van der Waals surface area contributed by atoms with Crippen LogP contribution in [0, 0.1) is 5.41 Å². The molecule has 2 atom stereocenters. The van der Waals surface area contributed by atoms with E-state index in [1.165, 1.54) is 0 Å². The molecule has 2 rings (SSSR count).